The van der Waals surface area contributed by atoms with E-state index in [0.717, 1.165) is 33.5 Å². The molecule has 33 heavy (non-hydrogen) atoms. The Bertz CT molecular complexity index is 1040. The van der Waals surface area contributed by atoms with Crippen LogP contribution >= 0.6 is 28.1 Å². The van der Waals surface area contributed by atoms with Gasteiger partial charge in [-0.3, -0.25) is 9.69 Å². The smallest absolute Gasteiger partial charge is 0.276 e. The molecule has 0 spiro atoms. The Balaban J connectivity index is 1.74. The van der Waals surface area contributed by atoms with Crippen LogP contribution in [0.5, 0.6) is 17.2 Å². The summed E-state index contributed by atoms with van der Waals surface area (Å²) in [5.41, 5.74) is 2.28. The van der Waals surface area contributed by atoms with E-state index in [-0.39, 0.29) is 5.91 Å². The highest BCUT2D eigenvalue weighted by molar-refractivity contribution is 9.10. The summed E-state index contributed by atoms with van der Waals surface area (Å²) in [4.78, 5) is 14.7. The van der Waals surface area contributed by atoms with Crippen LogP contribution in [-0.2, 0) is 11.2 Å². The summed E-state index contributed by atoms with van der Waals surface area (Å²) in [7, 11) is 0. The van der Waals surface area contributed by atoms with Gasteiger partial charge in [0.2, 0.25) is 0 Å². The molecule has 8 heteroatoms. The maximum atomic E-state index is 13.1. The Morgan fingerprint density at radius 2 is 1.73 bits per heavy atom. The molecule has 1 aliphatic heterocycles. The molecule has 0 aromatic heterocycles. The Kier molecular flexibility index (Phi) is 9.14. The van der Waals surface area contributed by atoms with Crippen LogP contribution < -0.4 is 19.5 Å². The second kappa shape index (κ2) is 12.0. The molecule has 1 heterocycles. The van der Waals surface area contributed by atoms with Gasteiger partial charge in [0.05, 0.1) is 19.8 Å². The maximum absolute atomic E-state index is 13.1. The minimum atomic E-state index is -0.155. The minimum Gasteiger partial charge on any atom is -0.493 e. The molecule has 1 saturated heterocycles. The van der Waals surface area contributed by atoms with Gasteiger partial charge in [-0.05, 0) is 80.9 Å². The number of carbonyl (C=O) groups is 1. The number of amides is 1. The average Bonchev–Trinajstić information content (AvgIpc) is 3.06. The molecule has 1 fully saturated rings. The number of rotatable bonds is 11. The predicted octanol–water partition coefficient (Wildman–Crippen LogP) is 5.34. The highest BCUT2D eigenvalue weighted by atomic mass is 79.9. The lowest BCUT2D eigenvalue weighted by Crippen LogP contribution is -2.32. The molecule has 3 rings (SSSR count). The SMILES string of the molecule is CCCOc1ccc(Br)cc1/C=C1/NC(=S)N(CCc2ccc(OCC)c(OCC)c2)C1=O. The summed E-state index contributed by atoms with van der Waals surface area (Å²) in [6.07, 6.45) is 3.32. The fourth-order valence-corrected chi connectivity index (χ4v) is 4.06. The van der Waals surface area contributed by atoms with Gasteiger partial charge in [0.25, 0.3) is 5.91 Å². The average molecular weight is 533 g/mol. The van der Waals surface area contributed by atoms with E-state index in [1.54, 1.807) is 11.0 Å². The van der Waals surface area contributed by atoms with E-state index in [1.165, 1.54) is 0 Å². The number of nitrogens with one attached hydrogen (secondary N) is 1. The predicted molar refractivity (Wildman–Crippen MR) is 138 cm³/mol. The van der Waals surface area contributed by atoms with Crippen molar-refractivity contribution in [2.75, 3.05) is 26.4 Å². The first-order valence-corrected chi connectivity index (χ1v) is 12.3. The number of benzene rings is 2. The van der Waals surface area contributed by atoms with Crippen LogP contribution in [0, 0.1) is 0 Å². The van der Waals surface area contributed by atoms with Gasteiger partial charge in [0, 0.05) is 16.6 Å². The van der Waals surface area contributed by atoms with Crippen molar-refractivity contribution in [2.24, 2.45) is 0 Å². The quantitative estimate of drug-likeness (QED) is 0.311. The Hall–Kier alpha value is -2.58. The molecule has 0 aliphatic carbocycles. The minimum absolute atomic E-state index is 0.155. The van der Waals surface area contributed by atoms with Gasteiger partial charge in [-0.15, -0.1) is 0 Å². The zero-order valence-electron chi connectivity index (χ0n) is 19.2. The van der Waals surface area contributed by atoms with E-state index >= 15 is 0 Å². The number of carbonyl (C=O) groups excluding carboxylic acids is 1. The van der Waals surface area contributed by atoms with E-state index < -0.39 is 0 Å². The maximum Gasteiger partial charge on any atom is 0.276 e. The molecule has 1 aliphatic rings. The lowest BCUT2D eigenvalue weighted by atomic mass is 10.1. The van der Waals surface area contributed by atoms with Crippen molar-refractivity contribution in [3.63, 3.8) is 0 Å². The van der Waals surface area contributed by atoms with Crippen molar-refractivity contribution in [1.29, 1.82) is 0 Å². The summed E-state index contributed by atoms with van der Waals surface area (Å²) in [6, 6.07) is 11.6. The van der Waals surface area contributed by atoms with Crippen molar-refractivity contribution in [3.8, 4) is 17.2 Å². The van der Waals surface area contributed by atoms with Gasteiger partial charge < -0.3 is 19.5 Å². The van der Waals surface area contributed by atoms with Crippen LogP contribution in [0.2, 0.25) is 0 Å². The number of hydrogen-bond donors (Lipinski definition) is 1. The van der Waals surface area contributed by atoms with E-state index in [2.05, 4.69) is 28.2 Å². The summed E-state index contributed by atoms with van der Waals surface area (Å²) >= 11 is 8.94. The summed E-state index contributed by atoms with van der Waals surface area (Å²) in [6.45, 7) is 8.11. The summed E-state index contributed by atoms with van der Waals surface area (Å²) in [5.74, 6) is 2.00. The zero-order chi connectivity index (χ0) is 23.8. The molecule has 2 aromatic rings. The molecule has 0 bridgehead atoms. The fraction of sp³-hybridized carbons (Fsp3) is 0.360. The molecule has 0 radical (unpaired) electrons. The second-order valence-electron chi connectivity index (χ2n) is 7.37. The van der Waals surface area contributed by atoms with Crippen LogP contribution in [0.4, 0.5) is 0 Å². The molecule has 176 valence electrons. The van der Waals surface area contributed by atoms with E-state index in [4.69, 9.17) is 26.4 Å². The standard InChI is InChI=1S/C25H29BrN2O4S/c1-4-13-32-21-10-8-19(26)15-18(21)16-20-24(29)28(25(33)27-20)12-11-17-7-9-22(30-5-2)23(14-17)31-6-3/h7-10,14-16H,4-6,11-13H2,1-3H3,(H,27,33)/b20-16+. The van der Waals surface area contributed by atoms with Crippen LogP contribution in [0.3, 0.4) is 0 Å². The lowest BCUT2D eigenvalue weighted by molar-refractivity contribution is -0.122. The van der Waals surface area contributed by atoms with Crippen molar-refractivity contribution in [2.45, 2.75) is 33.6 Å². The molecular formula is C25H29BrN2O4S. The third-order valence-corrected chi connectivity index (χ3v) is 5.74. The fourth-order valence-electron chi connectivity index (χ4n) is 3.40. The number of ether oxygens (including phenoxy) is 3. The van der Waals surface area contributed by atoms with Crippen LogP contribution in [0.25, 0.3) is 6.08 Å². The Labute approximate surface area is 209 Å². The number of hydrogen-bond acceptors (Lipinski definition) is 5. The van der Waals surface area contributed by atoms with E-state index in [1.807, 2.05) is 50.2 Å². The normalized spacial score (nSPS) is 14.5. The lowest BCUT2D eigenvalue weighted by Gasteiger charge is -2.16. The molecule has 1 amide bonds. The van der Waals surface area contributed by atoms with Crippen molar-refractivity contribution in [1.82, 2.24) is 10.2 Å². The first kappa shape index (κ1) is 25.1. The number of thiocarbonyl (C=S) groups is 1. The largest absolute Gasteiger partial charge is 0.493 e. The van der Waals surface area contributed by atoms with Gasteiger partial charge in [0.1, 0.15) is 11.4 Å². The third-order valence-electron chi connectivity index (χ3n) is 4.93. The number of nitrogens with zero attached hydrogens (tertiary/aromatic N) is 1. The van der Waals surface area contributed by atoms with Crippen LogP contribution in [-0.4, -0.2) is 42.3 Å². The van der Waals surface area contributed by atoms with Gasteiger partial charge in [-0.2, -0.15) is 0 Å². The molecule has 0 atom stereocenters. The topological polar surface area (TPSA) is 60.0 Å². The van der Waals surface area contributed by atoms with Crippen LogP contribution in [0.15, 0.2) is 46.6 Å². The Morgan fingerprint density at radius 1 is 1.00 bits per heavy atom. The molecule has 1 N–H and O–H groups in total. The molecule has 6 nitrogen and oxygen atoms in total. The third kappa shape index (κ3) is 6.48. The van der Waals surface area contributed by atoms with E-state index in [0.29, 0.717) is 49.3 Å². The molecular weight excluding hydrogens is 504 g/mol. The van der Waals surface area contributed by atoms with Crippen LogP contribution in [0.1, 0.15) is 38.3 Å². The van der Waals surface area contributed by atoms with Gasteiger partial charge in [-0.1, -0.05) is 28.9 Å². The molecule has 2 aromatic carbocycles. The van der Waals surface area contributed by atoms with E-state index in [9.17, 15) is 4.79 Å². The highest BCUT2D eigenvalue weighted by Gasteiger charge is 2.30. The first-order valence-electron chi connectivity index (χ1n) is 11.1. The molecule has 0 unspecified atom stereocenters. The van der Waals surface area contributed by atoms with Gasteiger partial charge >= 0.3 is 0 Å². The second-order valence-corrected chi connectivity index (χ2v) is 8.68. The molecule has 0 saturated carbocycles. The zero-order valence-corrected chi connectivity index (χ0v) is 21.6. The first-order chi connectivity index (χ1) is 16.0. The van der Waals surface area contributed by atoms with Crippen molar-refractivity contribution in [3.05, 3.63) is 57.7 Å². The monoisotopic (exact) mass is 532 g/mol. The van der Waals surface area contributed by atoms with Crippen molar-refractivity contribution < 1.29 is 19.0 Å². The number of halogens is 1. The Morgan fingerprint density at radius 3 is 2.45 bits per heavy atom. The van der Waals surface area contributed by atoms with Crippen molar-refractivity contribution >= 4 is 45.2 Å². The van der Waals surface area contributed by atoms with Gasteiger partial charge in [0.15, 0.2) is 16.6 Å². The van der Waals surface area contributed by atoms with Gasteiger partial charge in [-0.25, -0.2) is 0 Å². The highest BCUT2D eigenvalue weighted by Crippen LogP contribution is 2.29. The summed E-state index contributed by atoms with van der Waals surface area (Å²) < 4.78 is 18.1. The summed E-state index contributed by atoms with van der Waals surface area (Å²) in [5, 5.41) is 3.45.